The number of piperazine rings is 2. The van der Waals surface area contributed by atoms with Crippen LogP contribution in [0.3, 0.4) is 0 Å². The van der Waals surface area contributed by atoms with E-state index in [2.05, 4.69) is 31.9 Å². The number of carbonyl (C=O) groups is 4. The molecular formula is C18H36N6O6S2. The molecule has 0 aliphatic carbocycles. The Hall–Kier alpha value is -1.58. The number of carbonyl (C=O) groups excluding carboxylic acids is 4. The van der Waals surface area contributed by atoms with E-state index in [9.17, 15) is 29.4 Å². The number of rotatable bonds is 9. The summed E-state index contributed by atoms with van der Waals surface area (Å²) in [6.07, 6.45) is 0. The van der Waals surface area contributed by atoms with Crippen molar-refractivity contribution in [2.45, 2.75) is 25.9 Å². The molecule has 2 fully saturated rings. The van der Waals surface area contributed by atoms with Gasteiger partial charge in [0, 0.05) is 51.5 Å². The first-order valence-corrected chi connectivity index (χ1v) is 13.0. The lowest BCUT2D eigenvalue weighted by Crippen LogP contribution is -2.89. The molecule has 0 aromatic heterocycles. The molecule has 0 unspecified atom stereocenters. The fourth-order valence-electron chi connectivity index (χ4n) is 2.42. The van der Waals surface area contributed by atoms with Crippen LogP contribution in [0.4, 0.5) is 0 Å². The molecule has 2 aliphatic heterocycles. The highest BCUT2D eigenvalue weighted by molar-refractivity contribution is 8.76. The van der Waals surface area contributed by atoms with Gasteiger partial charge in [0.1, 0.15) is 0 Å². The van der Waals surface area contributed by atoms with Crippen LogP contribution in [0.25, 0.3) is 0 Å². The molecule has 2 saturated heterocycles. The normalized spacial score (nSPS) is 17.2. The largest absolute Gasteiger partial charge is 0.548 e. The van der Waals surface area contributed by atoms with Crippen LogP contribution in [0.5, 0.6) is 0 Å². The fourth-order valence-corrected chi connectivity index (χ4v) is 4.71. The Morgan fingerprint density at radius 1 is 0.750 bits per heavy atom. The van der Waals surface area contributed by atoms with E-state index in [4.69, 9.17) is 0 Å². The van der Waals surface area contributed by atoms with Crippen molar-refractivity contribution in [2.75, 3.05) is 63.9 Å². The third-order valence-electron chi connectivity index (χ3n) is 3.98. The topological polar surface area (TPSA) is 196 Å². The molecule has 186 valence electrons. The number of quaternary nitrogens is 2. The molecular weight excluding hydrogens is 460 g/mol. The van der Waals surface area contributed by atoms with E-state index in [0.29, 0.717) is 0 Å². The molecule has 0 radical (unpaired) electrons. The number of nitrogens with one attached hydrogen (secondary N) is 4. The van der Waals surface area contributed by atoms with E-state index in [0.717, 1.165) is 21.6 Å². The first-order chi connectivity index (χ1) is 15.2. The van der Waals surface area contributed by atoms with Crippen LogP contribution in [-0.2, 0) is 19.2 Å². The third-order valence-corrected chi connectivity index (χ3v) is 6.40. The lowest BCUT2D eigenvalue weighted by molar-refractivity contribution is -0.657. The Balaban J connectivity index is 0.000000634. The summed E-state index contributed by atoms with van der Waals surface area (Å²) in [5.41, 5.74) is 0. The summed E-state index contributed by atoms with van der Waals surface area (Å²) in [7, 11) is 2.09. The van der Waals surface area contributed by atoms with Gasteiger partial charge >= 0.3 is 0 Å². The van der Waals surface area contributed by atoms with Crippen molar-refractivity contribution in [1.82, 2.24) is 21.3 Å². The highest BCUT2D eigenvalue weighted by atomic mass is 33.1. The minimum absolute atomic E-state index is 0.00637. The van der Waals surface area contributed by atoms with Crippen LogP contribution < -0.4 is 42.1 Å². The van der Waals surface area contributed by atoms with Gasteiger partial charge in [0.2, 0.25) is 11.8 Å². The SMILES string of the molecule is C1C[NH2+]CCN1.C1C[NH2+]CCN1.CC(=O)N[C@@H](CSSC[C@H](NC(C)=O)C(=O)[O-])C(=O)[O-]. The first-order valence-electron chi connectivity index (χ1n) is 10.5. The summed E-state index contributed by atoms with van der Waals surface area (Å²) in [5.74, 6) is -3.84. The summed E-state index contributed by atoms with van der Waals surface area (Å²) in [6.45, 7) is 12.2. The predicted molar refractivity (Wildman–Crippen MR) is 119 cm³/mol. The Morgan fingerprint density at radius 3 is 1.22 bits per heavy atom. The molecule has 2 aliphatic rings. The molecule has 12 nitrogen and oxygen atoms in total. The van der Waals surface area contributed by atoms with Gasteiger partial charge in [-0.3, -0.25) is 9.59 Å². The summed E-state index contributed by atoms with van der Waals surface area (Å²) >= 11 is 0. The van der Waals surface area contributed by atoms with Crippen molar-refractivity contribution in [2.24, 2.45) is 0 Å². The molecule has 0 aromatic rings. The van der Waals surface area contributed by atoms with E-state index < -0.39 is 35.8 Å². The average molecular weight is 497 g/mol. The van der Waals surface area contributed by atoms with E-state index in [1.54, 1.807) is 0 Å². The van der Waals surface area contributed by atoms with E-state index in [1.807, 2.05) is 0 Å². The average Bonchev–Trinajstić information content (AvgIpc) is 2.77. The Morgan fingerprint density at radius 2 is 1.06 bits per heavy atom. The van der Waals surface area contributed by atoms with Crippen LogP contribution in [0.15, 0.2) is 0 Å². The number of nitrogens with two attached hydrogens (primary N) is 2. The lowest BCUT2D eigenvalue weighted by atomic mass is 10.3. The minimum Gasteiger partial charge on any atom is -0.548 e. The van der Waals surface area contributed by atoms with E-state index in [-0.39, 0.29) is 11.5 Å². The maximum Gasteiger partial charge on any atom is 0.217 e. The zero-order chi connectivity index (χ0) is 24.2. The van der Waals surface area contributed by atoms with Crippen molar-refractivity contribution in [1.29, 1.82) is 0 Å². The Kier molecular flexibility index (Phi) is 19.1. The molecule has 2 heterocycles. The van der Waals surface area contributed by atoms with Crippen LogP contribution >= 0.6 is 21.6 Å². The number of hydrogen-bond donors (Lipinski definition) is 6. The molecule has 2 atom stereocenters. The van der Waals surface area contributed by atoms with Gasteiger partial charge in [0.25, 0.3) is 0 Å². The summed E-state index contributed by atoms with van der Waals surface area (Å²) in [5, 5.41) is 37.0. The van der Waals surface area contributed by atoms with Gasteiger partial charge in [-0.1, -0.05) is 21.6 Å². The van der Waals surface area contributed by atoms with Crippen molar-refractivity contribution in [3.63, 3.8) is 0 Å². The van der Waals surface area contributed by atoms with Crippen molar-refractivity contribution in [3.05, 3.63) is 0 Å². The van der Waals surface area contributed by atoms with Gasteiger partial charge < -0.3 is 51.7 Å². The smallest absolute Gasteiger partial charge is 0.217 e. The second kappa shape index (κ2) is 20.1. The van der Waals surface area contributed by atoms with Crippen LogP contribution in [-0.4, -0.2) is 99.7 Å². The molecule has 32 heavy (non-hydrogen) atoms. The maximum absolute atomic E-state index is 10.8. The second-order valence-corrected chi connectivity index (χ2v) is 9.50. The van der Waals surface area contributed by atoms with Crippen molar-refractivity contribution in [3.8, 4) is 0 Å². The zero-order valence-corrected chi connectivity index (χ0v) is 20.3. The Labute approximate surface area is 196 Å². The van der Waals surface area contributed by atoms with Gasteiger partial charge in [-0.05, 0) is 0 Å². The van der Waals surface area contributed by atoms with Crippen molar-refractivity contribution < 1.29 is 40.0 Å². The lowest BCUT2D eigenvalue weighted by Gasteiger charge is -2.20. The molecule has 0 aromatic carbocycles. The number of carboxylic acid groups (broad SMARTS) is 2. The number of hydrogen-bond acceptors (Lipinski definition) is 10. The van der Waals surface area contributed by atoms with E-state index in [1.165, 1.54) is 66.2 Å². The zero-order valence-electron chi connectivity index (χ0n) is 18.6. The standard InChI is InChI=1S/C10H16N2O6S2.2C4H10N2/c1-5(13)11-7(9(15)16)3-19-20-4-8(10(17)18)12-6(2)14;2*1-2-6-4-3-5-1/h7-8H,3-4H2,1-2H3,(H,11,13)(H,12,14)(H,15,16)(H,17,18);2*5-6H,1-4H2/t7-,8-;;/m0../s1. The quantitative estimate of drug-likeness (QED) is 0.132. The Bertz CT molecular complexity index is 493. The molecule has 0 spiro atoms. The van der Waals surface area contributed by atoms with Gasteiger partial charge in [-0.15, -0.1) is 0 Å². The highest BCUT2D eigenvalue weighted by Crippen LogP contribution is 2.22. The second-order valence-electron chi connectivity index (χ2n) is 6.95. The molecule has 0 bridgehead atoms. The molecule has 8 N–H and O–H groups in total. The van der Waals surface area contributed by atoms with Gasteiger partial charge in [-0.2, -0.15) is 0 Å². The third kappa shape index (κ3) is 19.1. The van der Waals surface area contributed by atoms with Gasteiger partial charge in [-0.25, -0.2) is 0 Å². The monoisotopic (exact) mass is 496 g/mol. The van der Waals surface area contributed by atoms with Crippen LogP contribution in [0, 0.1) is 0 Å². The fraction of sp³-hybridized carbons (Fsp3) is 0.778. The number of amides is 2. The summed E-state index contributed by atoms with van der Waals surface area (Å²) in [6, 6.07) is -2.32. The van der Waals surface area contributed by atoms with Gasteiger partial charge in [0.05, 0.1) is 50.2 Å². The summed E-state index contributed by atoms with van der Waals surface area (Å²) < 4.78 is 0. The van der Waals surface area contributed by atoms with Crippen molar-refractivity contribution >= 4 is 45.3 Å². The summed E-state index contributed by atoms with van der Waals surface area (Å²) in [4.78, 5) is 42.9. The highest BCUT2D eigenvalue weighted by Gasteiger charge is 2.14. The number of aliphatic carboxylic acids is 2. The minimum atomic E-state index is -1.42. The first kappa shape index (κ1) is 30.4. The van der Waals surface area contributed by atoms with Gasteiger partial charge in [0.15, 0.2) is 0 Å². The molecule has 2 amide bonds. The predicted octanol–water partition coefficient (Wildman–Crippen LogP) is -6.82. The van der Waals surface area contributed by atoms with Crippen LogP contribution in [0.2, 0.25) is 0 Å². The molecule has 14 heteroatoms. The number of carboxylic acids is 2. The maximum atomic E-state index is 10.8. The molecule has 0 saturated carbocycles. The van der Waals surface area contributed by atoms with E-state index >= 15 is 0 Å². The van der Waals surface area contributed by atoms with Crippen LogP contribution in [0.1, 0.15) is 13.8 Å². The molecule has 2 rings (SSSR count).